The van der Waals surface area contributed by atoms with E-state index in [1.54, 1.807) is 12.3 Å². The lowest BCUT2D eigenvalue weighted by molar-refractivity contribution is -0.385. The fourth-order valence-electron chi connectivity index (χ4n) is 3.02. The maximum Gasteiger partial charge on any atom is 0.416 e. The van der Waals surface area contributed by atoms with Gasteiger partial charge in [0.1, 0.15) is 11.3 Å². The van der Waals surface area contributed by atoms with Crippen LogP contribution in [0, 0.1) is 10.1 Å². The van der Waals surface area contributed by atoms with Crippen molar-refractivity contribution in [1.82, 2.24) is 5.43 Å². The number of nitro groups is 1. The number of hydrazone groups is 1. The molecule has 2 aromatic carbocycles. The van der Waals surface area contributed by atoms with Crippen molar-refractivity contribution in [2.75, 3.05) is 12.4 Å². The number of hydrogen-bond donors (Lipinski definition) is 3. The van der Waals surface area contributed by atoms with Crippen LogP contribution in [0.25, 0.3) is 10.4 Å². The number of nitrogens with one attached hydrogen (secondary N) is 2. The molecule has 0 amide bonds. The van der Waals surface area contributed by atoms with Crippen molar-refractivity contribution >= 4 is 51.7 Å². The number of carbonyl (C=O) groups excluding carboxylic acids is 1. The van der Waals surface area contributed by atoms with Gasteiger partial charge < -0.3 is 15.2 Å². The summed E-state index contributed by atoms with van der Waals surface area (Å²) in [4.78, 5) is 22.6. The number of thiocarbonyl (C=S) groups is 1. The van der Waals surface area contributed by atoms with Crippen LogP contribution in [0.3, 0.4) is 0 Å². The number of anilines is 1. The minimum Gasteiger partial charge on any atom is -0.506 e. The topological polar surface area (TPSA) is 126 Å². The molecule has 3 aromatic rings. The van der Waals surface area contributed by atoms with E-state index in [0.29, 0.717) is 21.7 Å². The molecule has 3 rings (SSSR count). The van der Waals surface area contributed by atoms with Crippen LogP contribution in [-0.4, -0.2) is 33.9 Å². The number of nitro benzene ring substituents is 1. The smallest absolute Gasteiger partial charge is 0.416 e. The van der Waals surface area contributed by atoms with Gasteiger partial charge in [0, 0.05) is 17.1 Å². The average Bonchev–Trinajstić information content (AvgIpc) is 3.22. The molecule has 0 bridgehead atoms. The largest absolute Gasteiger partial charge is 0.506 e. The number of carbonyl (C=O) groups is 1. The van der Waals surface area contributed by atoms with Crippen molar-refractivity contribution in [3.05, 3.63) is 74.6 Å². The van der Waals surface area contributed by atoms with Crippen LogP contribution in [0.2, 0.25) is 0 Å². The summed E-state index contributed by atoms with van der Waals surface area (Å²) >= 11 is 6.26. The standard InChI is InChI=1S/C22H17F3N4O5S2/c1-11(16-10-36-19(18(16)30)12-3-5-13(6-4-12)22(23,24)25)27-28-21(35)26-14-7-8-15(20(31)34-2)17(9-14)29(32)33/h3-10,30H,1-2H3,(H2,26,28,35)/b27-11+. The molecule has 0 atom stereocenters. The quantitative estimate of drug-likeness (QED) is 0.123. The maximum atomic E-state index is 12.8. The van der Waals surface area contributed by atoms with Crippen molar-refractivity contribution in [3.63, 3.8) is 0 Å². The zero-order valence-corrected chi connectivity index (χ0v) is 20.2. The van der Waals surface area contributed by atoms with Crippen LogP contribution in [0.4, 0.5) is 24.5 Å². The number of benzene rings is 2. The number of methoxy groups -OCH3 is 1. The predicted octanol–water partition coefficient (Wildman–Crippen LogP) is 5.54. The molecule has 9 nitrogen and oxygen atoms in total. The minimum atomic E-state index is -4.46. The first-order valence-corrected chi connectivity index (χ1v) is 11.2. The highest BCUT2D eigenvalue weighted by Gasteiger charge is 2.30. The molecule has 0 aliphatic carbocycles. The average molecular weight is 539 g/mol. The maximum absolute atomic E-state index is 12.8. The Kier molecular flexibility index (Phi) is 7.90. The first-order valence-electron chi connectivity index (χ1n) is 9.89. The van der Waals surface area contributed by atoms with Gasteiger partial charge in [0.15, 0.2) is 5.11 Å². The van der Waals surface area contributed by atoms with Crippen molar-refractivity contribution in [1.29, 1.82) is 0 Å². The number of alkyl halides is 3. The van der Waals surface area contributed by atoms with Crippen LogP contribution >= 0.6 is 23.6 Å². The van der Waals surface area contributed by atoms with Crippen LogP contribution in [-0.2, 0) is 10.9 Å². The molecule has 1 heterocycles. The third-order valence-electron chi connectivity index (χ3n) is 4.81. The molecule has 0 spiro atoms. The van der Waals surface area contributed by atoms with Crippen LogP contribution in [0.1, 0.15) is 28.4 Å². The van der Waals surface area contributed by atoms with E-state index in [2.05, 4.69) is 20.6 Å². The Morgan fingerprint density at radius 2 is 1.86 bits per heavy atom. The van der Waals surface area contributed by atoms with Gasteiger partial charge in [-0.2, -0.15) is 18.3 Å². The lowest BCUT2D eigenvalue weighted by atomic mass is 10.1. The third kappa shape index (κ3) is 5.95. The number of ether oxygens (including phenoxy) is 1. The molecule has 14 heteroatoms. The predicted molar refractivity (Wildman–Crippen MR) is 132 cm³/mol. The molecule has 0 aliphatic heterocycles. The Bertz CT molecular complexity index is 1350. The highest BCUT2D eigenvalue weighted by atomic mass is 32.1. The summed E-state index contributed by atoms with van der Waals surface area (Å²) in [6.45, 7) is 1.57. The molecule has 0 saturated carbocycles. The molecule has 36 heavy (non-hydrogen) atoms. The third-order valence-corrected chi connectivity index (χ3v) is 6.02. The Hall–Kier alpha value is -4.04. The van der Waals surface area contributed by atoms with Crippen LogP contribution < -0.4 is 10.7 Å². The Morgan fingerprint density at radius 3 is 2.44 bits per heavy atom. The number of nitrogens with zero attached hydrogens (tertiary/aromatic N) is 2. The zero-order chi connectivity index (χ0) is 26.6. The molecule has 3 N–H and O–H groups in total. The van der Waals surface area contributed by atoms with E-state index in [9.17, 15) is 33.2 Å². The Balaban J connectivity index is 1.72. The molecule has 0 aliphatic rings. The number of esters is 1. The van der Waals surface area contributed by atoms with E-state index in [-0.39, 0.29) is 22.1 Å². The SMILES string of the molecule is COC(=O)c1ccc(NC(=S)N/N=C(\C)c2csc(-c3ccc(C(F)(F)F)cc3)c2O)cc1[N+](=O)[O-]. The molecule has 0 saturated heterocycles. The Labute approximate surface area is 211 Å². The van der Waals surface area contributed by atoms with Crippen molar-refractivity contribution in [2.24, 2.45) is 5.10 Å². The minimum absolute atomic E-state index is 0.0350. The van der Waals surface area contributed by atoms with Crippen molar-refractivity contribution in [3.8, 4) is 16.2 Å². The van der Waals surface area contributed by atoms with Crippen LogP contribution in [0.15, 0.2) is 52.9 Å². The highest BCUT2D eigenvalue weighted by molar-refractivity contribution is 7.80. The fraction of sp³-hybridized carbons (Fsp3) is 0.136. The van der Waals surface area contributed by atoms with Gasteiger partial charge >= 0.3 is 12.1 Å². The second-order valence-corrected chi connectivity index (χ2v) is 8.43. The first kappa shape index (κ1) is 26.6. The summed E-state index contributed by atoms with van der Waals surface area (Å²) in [5, 5.41) is 30.2. The molecule has 0 fully saturated rings. The monoisotopic (exact) mass is 538 g/mol. The first-order chi connectivity index (χ1) is 16.9. The highest BCUT2D eigenvalue weighted by Crippen LogP contribution is 2.40. The van der Waals surface area contributed by atoms with E-state index >= 15 is 0 Å². The van der Waals surface area contributed by atoms with E-state index in [1.165, 1.54) is 24.3 Å². The van der Waals surface area contributed by atoms with Gasteiger partial charge in [0.25, 0.3) is 5.69 Å². The molecule has 0 radical (unpaired) electrons. The lowest BCUT2D eigenvalue weighted by Gasteiger charge is -2.09. The molecular weight excluding hydrogens is 521 g/mol. The van der Waals surface area contributed by atoms with Gasteiger partial charge in [0.05, 0.1) is 33.7 Å². The van der Waals surface area contributed by atoms with Gasteiger partial charge in [-0.3, -0.25) is 15.5 Å². The van der Waals surface area contributed by atoms with Gasteiger partial charge in [-0.1, -0.05) is 12.1 Å². The van der Waals surface area contributed by atoms with Gasteiger partial charge in [-0.15, -0.1) is 11.3 Å². The summed E-state index contributed by atoms with van der Waals surface area (Å²) in [7, 11) is 1.11. The summed E-state index contributed by atoms with van der Waals surface area (Å²) in [6, 6.07) is 8.13. The fourth-order valence-corrected chi connectivity index (χ4v) is 4.20. The number of aromatic hydroxyl groups is 1. The molecule has 1 aromatic heterocycles. The number of halogens is 3. The summed E-state index contributed by atoms with van der Waals surface area (Å²) in [6.07, 6.45) is -4.46. The normalized spacial score (nSPS) is 11.6. The van der Waals surface area contributed by atoms with Crippen molar-refractivity contribution in [2.45, 2.75) is 13.1 Å². The number of rotatable bonds is 6. The van der Waals surface area contributed by atoms with Gasteiger partial charge in [-0.05, 0) is 49.0 Å². The second kappa shape index (κ2) is 10.7. The second-order valence-electron chi connectivity index (χ2n) is 7.15. The van der Waals surface area contributed by atoms with E-state index < -0.39 is 28.3 Å². The van der Waals surface area contributed by atoms with Gasteiger partial charge in [-0.25, -0.2) is 4.79 Å². The van der Waals surface area contributed by atoms with E-state index in [0.717, 1.165) is 36.6 Å². The van der Waals surface area contributed by atoms with Crippen molar-refractivity contribution < 1.29 is 32.7 Å². The van der Waals surface area contributed by atoms with Crippen LogP contribution in [0.5, 0.6) is 5.75 Å². The zero-order valence-electron chi connectivity index (χ0n) is 18.5. The van der Waals surface area contributed by atoms with E-state index in [4.69, 9.17) is 12.2 Å². The Morgan fingerprint density at radius 1 is 1.19 bits per heavy atom. The number of hydrogen-bond acceptors (Lipinski definition) is 8. The summed E-state index contributed by atoms with van der Waals surface area (Å²) in [5.74, 6) is -1.02. The molecule has 0 unspecified atom stereocenters. The molecule has 188 valence electrons. The van der Waals surface area contributed by atoms with E-state index in [1.807, 2.05) is 0 Å². The molecular formula is C22H17F3N4O5S2. The number of thiophene rings is 1. The van der Waals surface area contributed by atoms with Gasteiger partial charge in [0.2, 0.25) is 0 Å². The lowest BCUT2D eigenvalue weighted by Crippen LogP contribution is -2.25. The summed E-state index contributed by atoms with van der Waals surface area (Å²) in [5.41, 5.74) is 2.32. The summed E-state index contributed by atoms with van der Waals surface area (Å²) < 4.78 is 42.9.